The van der Waals surface area contributed by atoms with Gasteiger partial charge in [0.1, 0.15) is 23.5 Å². The third kappa shape index (κ3) is 6.18. The van der Waals surface area contributed by atoms with Gasteiger partial charge < -0.3 is 30.4 Å². The maximum Gasteiger partial charge on any atom is 0.328 e. The van der Waals surface area contributed by atoms with Gasteiger partial charge in [0.2, 0.25) is 11.8 Å². The Bertz CT molecular complexity index is 1220. The van der Waals surface area contributed by atoms with E-state index in [1.807, 2.05) is 13.8 Å². The molecule has 2 aromatic rings. The van der Waals surface area contributed by atoms with Gasteiger partial charge in [-0.25, -0.2) is 4.79 Å². The molecule has 2 heterocycles. The lowest BCUT2D eigenvalue weighted by Crippen LogP contribution is -2.52. The van der Waals surface area contributed by atoms with Crippen molar-refractivity contribution in [1.29, 1.82) is 0 Å². The zero-order valence-corrected chi connectivity index (χ0v) is 22.2. The van der Waals surface area contributed by atoms with E-state index in [9.17, 15) is 19.2 Å². The highest BCUT2D eigenvalue weighted by Gasteiger charge is 2.41. The Labute approximate surface area is 220 Å². The summed E-state index contributed by atoms with van der Waals surface area (Å²) in [4.78, 5) is 54.4. The normalized spacial score (nSPS) is 20.1. The molecule has 2 aliphatic rings. The summed E-state index contributed by atoms with van der Waals surface area (Å²) in [7, 11) is 2.76. The molecule has 0 radical (unpaired) electrons. The second-order valence-corrected chi connectivity index (χ2v) is 10.9. The van der Waals surface area contributed by atoms with E-state index in [1.54, 1.807) is 18.2 Å². The lowest BCUT2D eigenvalue weighted by atomic mass is 9.91. The van der Waals surface area contributed by atoms with Gasteiger partial charge in [-0.15, -0.1) is 0 Å². The molecule has 1 aliphatic carbocycles. The zero-order valence-electron chi connectivity index (χ0n) is 21.4. The van der Waals surface area contributed by atoms with Gasteiger partial charge in [0.15, 0.2) is 0 Å². The van der Waals surface area contributed by atoms with E-state index in [-0.39, 0.29) is 23.6 Å². The molecule has 3 atom stereocenters. The van der Waals surface area contributed by atoms with Crippen molar-refractivity contribution in [3.8, 4) is 5.75 Å². The number of hydrogen-bond acceptors (Lipinski definition) is 6. The number of hydrogen-bond donors (Lipinski definition) is 4. The number of H-pyrrole nitrogens is 1. The van der Waals surface area contributed by atoms with E-state index < -0.39 is 35.8 Å². The van der Waals surface area contributed by atoms with Gasteiger partial charge in [-0.2, -0.15) is 0 Å². The topological polar surface area (TPSA) is 139 Å². The molecule has 37 heavy (non-hydrogen) atoms. The largest absolute Gasteiger partial charge is 0.496 e. The van der Waals surface area contributed by atoms with Gasteiger partial charge in [-0.3, -0.25) is 14.4 Å². The van der Waals surface area contributed by atoms with Gasteiger partial charge in [-0.1, -0.05) is 24.4 Å². The molecular formula is C26H33ClN4O6. The summed E-state index contributed by atoms with van der Waals surface area (Å²) in [6.45, 7) is 3.81. The lowest BCUT2D eigenvalue weighted by molar-refractivity contribution is -0.146. The number of esters is 1. The summed E-state index contributed by atoms with van der Waals surface area (Å²) in [5.74, 6) is -1.36. The van der Waals surface area contributed by atoms with E-state index in [0.717, 1.165) is 12.8 Å². The number of fused-ring (bicyclic) bond motifs is 1. The van der Waals surface area contributed by atoms with E-state index in [4.69, 9.17) is 21.1 Å². The number of methoxy groups -OCH3 is 2. The van der Waals surface area contributed by atoms with Crippen LogP contribution in [0, 0.1) is 11.8 Å². The summed E-state index contributed by atoms with van der Waals surface area (Å²) in [6, 6.07) is 3.12. The van der Waals surface area contributed by atoms with Crippen LogP contribution in [-0.4, -0.2) is 60.5 Å². The molecule has 1 saturated carbocycles. The van der Waals surface area contributed by atoms with Crippen LogP contribution < -0.4 is 20.7 Å². The highest BCUT2D eigenvalue weighted by molar-refractivity contribution is 6.35. The first-order valence-electron chi connectivity index (χ1n) is 12.4. The smallest absolute Gasteiger partial charge is 0.328 e. The number of aromatic nitrogens is 1. The average molecular weight is 533 g/mol. The Morgan fingerprint density at radius 2 is 1.86 bits per heavy atom. The van der Waals surface area contributed by atoms with Crippen LogP contribution in [-0.2, 0) is 19.1 Å². The van der Waals surface area contributed by atoms with Crippen LogP contribution in [0.1, 0.15) is 56.4 Å². The van der Waals surface area contributed by atoms with E-state index >= 15 is 0 Å². The molecule has 1 aliphatic heterocycles. The quantitative estimate of drug-likeness (QED) is 0.347. The fourth-order valence-electron chi connectivity index (χ4n) is 4.91. The summed E-state index contributed by atoms with van der Waals surface area (Å²) in [6.07, 6.45) is 3.02. The van der Waals surface area contributed by atoms with Crippen LogP contribution in [0.25, 0.3) is 10.9 Å². The van der Waals surface area contributed by atoms with Crippen molar-refractivity contribution < 1.29 is 28.7 Å². The van der Waals surface area contributed by atoms with Crippen molar-refractivity contribution in [2.75, 3.05) is 14.2 Å². The monoisotopic (exact) mass is 532 g/mol. The van der Waals surface area contributed by atoms with E-state index in [2.05, 4.69) is 20.9 Å². The van der Waals surface area contributed by atoms with Crippen LogP contribution in [0.15, 0.2) is 18.2 Å². The predicted octanol–water partition coefficient (Wildman–Crippen LogP) is 2.69. The zero-order chi connectivity index (χ0) is 26.9. The molecule has 11 heteroatoms. The van der Waals surface area contributed by atoms with Gasteiger partial charge in [0, 0.05) is 16.8 Å². The molecule has 2 fully saturated rings. The minimum atomic E-state index is -1.02. The Hall–Kier alpha value is -3.27. The van der Waals surface area contributed by atoms with Gasteiger partial charge in [-0.05, 0) is 57.2 Å². The molecule has 4 rings (SSSR count). The predicted molar refractivity (Wildman–Crippen MR) is 137 cm³/mol. The minimum Gasteiger partial charge on any atom is -0.496 e. The summed E-state index contributed by atoms with van der Waals surface area (Å²) in [5, 5.41) is 9.51. The Kier molecular flexibility index (Phi) is 7.68. The second-order valence-electron chi connectivity index (χ2n) is 10.5. The van der Waals surface area contributed by atoms with Crippen LogP contribution >= 0.6 is 11.6 Å². The molecule has 10 nitrogen and oxygen atoms in total. The number of aromatic amines is 1. The Morgan fingerprint density at radius 3 is 2.46 bits per heavy atom. The number of nitrogens with one attached hydrogen (secondary N) is 4. The fraction of sp³-hybridized carbons (Fsp3) is 0.538. The van der Waals surface area contributed by atoms with Gasteiger partial charge in [0.25, 0.3) is 5.91 Å². The number of benzene rings is 1. The minimum absolute atomic E-state index is 0.109. The molecule has 4 N–H and O–H groups in total. The maximum atomic E-state index is 13.3. The molecule has 1 aromatic carbocycles. The number of rotatable bonds is 10. The first-order valence-corrected chi connectivity index (χ1v) is 12.8. The van der Waals surface area contributed by atoms with Crippen LogP contribution in [0.4, 0.5) is 0 Å². The first-order chi connectivity index (χ1) is 17.5. The van der Waals surface area contributed by atoms with Gasteiger partial charge in [0.05, 0.1) is 24.8 Å². The molecule has 1 saturated heterocycles. The molecule has 3 amide bonds. The van der Waals surface area contributed by atoms with Crippen molar-refractivity contribution in [3.05, 3.63) is 28.9 Å². The molecular weight excluding hydrogens is 500 g/mol. The summed E-state index contributed by atoms with van der Waals surface area (Å²) < 4.78 is 10.3. The van der Waals surface area contributed by atoms with E-state index in [0.29, 0.717) is 40.4 Å². The highest BCUT2D eigenvalue weighted by Crippen LogP contribution is 2.34. The van der Waals surface area contributed by atoms with Crippen LogP contribution in [0.5, 0.6) is 5.75 Å². The average Bonchev–Trinajstić information content (AvgIpc) is 3.47. The fourth-order valence-corrected chi connectivity index (χ4v) is 5.12. The standard InChI is InChI=1S/C26H33ClN4O6/c1-26(2)12-14(22(32)31-26)10-19(25(35)37-4)30-23(33)17(9-13-5-6-13)29-24(34)18-11-15-20(36-3)8-7-16(27)21(15)28-18/h7-8,11,13-14,17,19,28H,5-6,9-10,12H2,1-4H3,(H,29,34)(H,30,33)(H,31,32)/t14-,17+,19+/m1/s1. The lowest BCUT2D eigenvalue weighted by Gasteiger charge is -2.23. The van der Waals surface area contributed by atoms with Crippen molar-refractivity contribution in [3.63, 3.8) is 0 Å². The SMILES string of the molecule is COC(=O)[C@H](C[C@@H]1CC(C)(C)NC1=O)NC(=O)[C@H](CC1CC1)NC(=O)c1cc2c(OC)ccc(Cl)c2[nH]1. The second kappa shape index (κ2) is 10.6. The molecule has 1 aromatic heterocycles. The number of halogens is 1. The van der Waals surface area contributed by atoms with E-state index in [1.165, 1.54) is 14.2 Å². The number of carbonyl (C=O) groups excluding carboxylic acids is 4. The number of amides is 3. The van der Waals surface area contributed by atoms with Crippen molar-refractivity contribution in [2.24, 2.45) is 11.8 Å². The molecule has 0 spiro atoms. The Morgan fingerprint density at radius 1 is 1.14 bits per heavy atom. The molecule has 0 unspecified atom stereocenters. The maximum absolute atomic E-state index is 13.3. The number of carbonyl (C=O) groups is 4. The van der Waals surface area contributed by atoms with Crippen molar-refractivity contribution >= 4 is 46.2 Å². The third-order valence-electron chi connectivity index (χ3n) is 6.97. The Balaban J connectivity index is 1.50. The van der Waals surface area contributed by atoms with Crippen LogP contribution in [0.3, 0.4) is 0 Å². The summed E-state index contributed by atoms with van der Waals surface area (Å²) in [5.41, 5.74) is 0.391. The summed E-state index contributed by atoms with van der Waals surface area (Å²) >= 11 is 6.28. The van der Waals surface area contributed by atoms with Crippen molar-refractivity contribution in [1.82, 2.24) is 20.9 Å². The third-order valence-corrected chi connectivity index (χ3v) is 7.28. The molecule has 0 bridgehead atoms. The molecule has 200 valence electrons. The van der Waals surface area contributed by atoms with Crippen molar-refractivity contribution in [2.45, 2.75) is 63.6 Å². The highest BCUT2D eigenvalue weighted by atomic mass is 35.5. The van der Waals surface area contributed by atoms with Crippen LogP contribution in [0.2, 0.25) is 5.02 Å². The first kappa shape index (κ1) is 26.8. The number of ether oxygens (including phenoxy) is 2. The van der Waals surface area contributed by atoms with Gasteiger partial charge >= 0.3 is 5.97 Å².